The number of benzene rings is 1. The van der Waals surface area contributed by atoms with Crippen molar-refractivity contribution in [3.05, 3.63) is 29.8 Å². The van der Waals surface area contributed by atoms with Crippen LogP contribution in [0.4, 0.5) is 0 Å². The first-order valence-corrected chi connectivity index (χ1v) is 12.0. The van der Waals surface area contributed by atoms with E-state index in [2.05, 4.69) is 16.0 Å². The Morgan fingerprint density at radius 1 is 0.625 bits per heavy atom. The van der Waals surface area contributed by atoms with E-state index in [9.17, 15) is 43.8 Å². The van der Waals surface area contributed by atoms with Crippen molar-refractivity contribution >= 4 is 41.6 Å². The molecule has 0 saturated heterocycles. The molecule has 0 aliphatic rings. The van der Waals surface area contributed by atoms with Crippen molar-refractivity contribution in [3.8, 4) is 5.75 Å². The summed E-state index contributed by atoms with van der Waals surface area (Å²) in [6.07, 6.45) is -3.23. The third kappa shape index (κ3) is 12.7. The minimum absolute atomic E-state index is 0.00402. The number of rotatable bonds is 18. The molecule has 0 aliphatic heterocycles. The lowest BCUT2D eigenvalue weighted by atomic mass is 10.0. The molecule has 0 spiro atoms. The second-order valence-electron chi connectivity index (χ2n) is 8.80. The number of carboxylic acid groups (broad SMARTS) is 4. The first-order chi connectivity index (χ1) is 18.7. The van der Waals surface area contributed by atoms with Crippen LogP contribution in [-0.2, 0) is 40.0 Å². The highest BCUT2D eigenvalue weighted by atomic mass is 16.4. The van der Waals surface area contributed by atoms with Gasteiger partial charge in [0.05, 0.1) is 6.04 Å². The summed E-state index contributed by atoms with van der Waals surface area (Å²) in [4.78, 5) is 82.8. The van der Waals surface area contributed by atoms with Crippen molar-refractivity contribution in [2.45, 2.75) is 69.1 Å². The van der Waals surface area contributed by atoms with Crippen molar-refractivity contribution in [1.29, 1.82) is 0 Å². The van der Waals surface area contributed by atoms with Crippen LogP contribution in [0, 0.1) is 0 Å². The normalized spacial score (nSPS) is 13.6. The quantitative estimate of drug-likeness (QED) is 0.0965. The molecule has 0 saturated carbocycles. The van der Waals surface area contributed by atoms with E-state index >= 15 is 0 Å². The molecule has 0 radical (unpaired) electrons. The average molecular weight is 569 g/mol. The summed E-state index contributed by atoms with van der Waals surface area (Å²) in [6.45, 7) is 0. The van der Waals surface area contributed by atoms with Gasteiger partial charge in [-0.25, -0.2) is 4.79 Å². The number of phenols is 1. The molecular weight excluding hydrogens is 536 g/mol. The van der Waals surface area contributed by atoms with Gasteiger partial charge >= 0.3 is 23.9 Å². The molecule has 4 atom stereocenters. The van der Waals surface area contributed by atoms with Crippen molar-refractivity contribution < 1.29 is 59.1 Å². The van der Waals surface area contributed by atoms with Crippen LogP contribution in [0.2, 0.25) is 0 Å². The molecule has 40 heavy (non-hydrogen) atoms. The summed E-state index contributed by atoms with van der Waals surface area (Å²) in [6, 6.07) is -0.200. The third-order valence-electron chi connectivity index (χ3n) is 5.55. The monoisotopic (exact) mass is 568 g/mol. The minimum Gasteiger partial charge on any atom is -0.508 e. The fourth-order valence-corrected chi connectivity index (χ4v) is 3.40. The van der Waals surface area contributed by atoms with E-state index in [-0.39, 0.29) is 12.2 Å². The Morgan fingerprint density at radius 3 is 1.40 bits per heavy atom. The number of amides is 3. The molecule has 0 aliphatic carbocycles. The third-order valence-corrected chi connectivity index (χ3v) is 5.55. The average Bonchev–Trinajstić information content (AvgIpc) is 2.86. The fourth-order valence-electron chi connectivity index (χ4n) is 3.40. The Kier molecular flexibility index (Phi) is 13.6. The number of aliphatic carboxylic acids is 4. The molecule has 0 heterocycles. The second-order valence-corrected chi connectivity index (χ2v) is 8.80. The molecule has 0 bridgehead atoms. The Bertz CT molecular complexity index is 1090. The van der Waals surface area contributed by atoms with Gasteiger partial charge < -0.3 is 47.2 Å². The lowest BCUT2D eigenvalue weighted by Crippen LogP contribution is -2.57. The molecule has 3 amide bonds. The predicted octanol–water partition coefficient (Wildman–Crippen LogP) is -1.60. The van der Waals surface area contributed by atoms with Gasteiger partial charge in [0.2, 0.25) is 17.7 Å². The first-order valence-electron chi connectivity index (χ1n) is 12.0. The zero-order chi connectivity index (χ0) is 30.4. The number of carbonyl (C=O) groups excluding carboxylic acids is 3. The van der Waals surface area contributed by atoms with Gasteiger partial charge in [-0.1, -0.05) is 12.1 Å². The minimum atomic E-state index is -1.66. The van der Waals surface area contributed by atoms with Crippen molar-refractivity contribution in [2.24, 2.45) is 5.73 Å². The van der Waals surface area contributed by atoms with Crippen LogP contribution in [0.5, 0.6) is 5.75 Å². The van der Waals surface area contributed by atoms with E-state index in [1.807, 2.05) is 0 Å². The Labute approximate surface area is 227 Å². The van der Waals surface area contributed by atoms with Crippen LogP contribution in [0.15, 0.2) is 24.3 Å². The van der Waals surface area contributed by atoms with Crippen molar-refractivity contribution in [1.82, 2.24) is 16.0 Å². The number of carboxylic acids is 4. The zero-order valence-electron chi connectivity index (χ0n) is 21.2. The van der Waals surface area contributed by atoms with Crippen LogP contribution in [0.1, 0.15) is 44.1 Å². The zero-order valence-corrected chi connectivity index (χ0v) is 21.2. The van der Waals surface area contributed by atoms with Crippen LogP contribution in [0.3, 0.4) is 0 Å². The number of phenolic OH excluding ortho intramolecular Hbond substituents is 1. The van der Waals surface area contributed by atoms with E-state index < -0.39 is 104 Å². The molecule has 220 valence electrons. The van der Waals surface area contributed by atoms with Crippen LogP contribution in [0.25, 0.3) is 0 Å². The van der Waals surface area contributed by atoms with E-state index in [0.717, 1.165) is 0 Å². The number of nitrogens with two attached hydrogens (primary N) is 1. The lowest BCUT2D eigenvalue weighted by molar-refractivity contribution is -0.144. The summed E-state index contributed by atoms with van der Waals surface area (Å²) in [7, 11) is 0. The Morgan fingerprint density at radius 2 is 1.00 bits per heavy atom. The van der Waals surface area contributed by atoms with E-state index in [1.54, 1.807) is 0 Å². The summed E-state index contributed by atoms with van der Waals surface area (Å²) in [5.74, 6) is -8.57. The maximum atomic E-state index is 13.0. The molecule has 10 N–H and O–H groups in total. The number of hydrogen-bond acceptors (Lipinski definition) is 9. The molecule has 16 nitrogen and oxygen atoms in total. The molecule has 0 aromatic heterocycles. The Hall–Kier alpha value is -4.73. The number of carbonyl (C=O) groups is 7. The Balaban J connectivity index is 3.04. The smallest absolute Gasteiger partial charge is 0.326 e. The van der Waals surface area contributed by atoms with Gasteiger partial charge in [0.15, 0.2) is 0 Å². The van der Waals surface area contributed by atoms with Gasteiger partial charge in [0.1, 0.15) is 23.9 Å². The summed E-state index contributed by atoms with van der Waals surface area (Å²) in [5.41, 5.74) is 6.48. The number of hydrogen-bond donors (Lipinski definition) is 9. The van der Waals surface area contributed by atoms with Gasteiger partial charge in [0, 0.05) is 19.3 Å². The SMILES string of the molecule is N[C@@H](Cc1ccc(O)cc1)C(=O)N[C@@H](CCC(=O)O)C(=O)N[C@@H](CCC(=O)O)C(=O)N[C@@H](CCC(=O)O)C(=O)O. The van der Waals surface area contributed by atoms with Gasteiger partial charge in [-0.3, -0.25) is 28.8 Å². The maximum absolute atomic E-state index is 13.0. The molecule has 16 heteroatoms. The molecule has 1 aromatic rings. The number of aromatic hydroxyl groups is 1. The largest absolute Gasteiger partial charge is 0.508 e. The first kappa shape index (κ1) is 33.3. The van der Waals surface area contributed by atoms with E-state index in [1.165, 1.54) is 24.3 Å². The van der Waals surface area contributed by atoms with Crippen molar-refractivity contribution in [2.75, 3.05) is 0 Å². The van der Waals surface area contributed by atoms with Crippen LogP contribution >= 0.6 is 0 Å². The predicted molar refractivity (Wildman–Crippen MR) is 134 cm³/mol. The van der Waals surface area contributed by atoms with E-state index in [0.29, 0.717) is 5.56 Å². The van der Waals surface area contributed by atoms with Gasteiger partial charge in [-0.15, -0.1) is 0 Å². The van der Waals surface area contributed by atoms with Gasteiger partial charge in [0.25, 0.3) is 0 Å². The molecule has 0 fully saturated rings. The van der Waals surface area contributed by atoms with Crippen LogP contribution < -0.4 is 21.7 Å². The molecule has 0 unspecified atom stereocenters. The van der Waals surface area contributed by atoms with Crippen LogP contribution in [-0.4, -0.2) is 91.3 Å². The van der Waals surface area contributed by atoms with Gasteiger partial charge in [-0.2, -0.15) is 0 Å². The summed E-state index contributed by atoms with van der Waals surface area (Å²) < 4.78 is 0. The van der Waals surface area contributed by atoms with E-state index in [4.69, 9.17) is 21.1 Å². The highest BCUT2D eigenvalue weighted by molar-refractivity contribution is 5.94. The standard InChI is InChI=1S/C24H32N4O12/c25-14(11-12-1-3-13(29)4-2-12)21(36)26-15(5-8-18(30)31)22(37)27-16(6-9-19(32)33)23(38)28-17(24(39)40)7-10-20(34)35/h1-4,14-17,29H,5-11,25H2,(H,26,36)(H,27,37)(H,28,38)(H,30,31)(H,32,33)(H,34,35)(H,39,40)/t14-,15-,16-,17-/m0/s1. The summed E-state index contributed by atoms with van der Waals surface area (Å²) in [5, 5.41) is 52.1. The topological polar surface area (TPSA) is 283 Å². The molecular formula is C24H32N4O12. The highest BCUT2D eigenvalue weighted by Crippen LogP contribution is 2.11. The molecule has 1 aromatic carbocycles. The summed E-state index contributed by atoms with van der Waals surface area (Å²) >= 11 is 0. The second kappa shape index (κ2) is 16.3. The fraction of sp³-hybridized carbons (Fsp3) is 0.458. The lowest BCUT2D eigenvalue weighted by Gasteiger charge is -2.25. The maximum Gasteiger partial charge on any atom is 0.326 e. The highest BCUT2D eigenvalue weighted by Gasteiger charge is 2.31. The van der Waals surface area contributed by atoms with Gasteiger partial charge in [-0.05, 0) is 43.4 Å². The number of nitrogens with one attached hydrogen (secondary N) is 3. The molecule has 1 rings (SSSR count). The van der Waals surface area contributed by atoms with Crippen molar-refractivity contribution in [3.63, 3.8) is 0 Å².